The lowest BCUT2D eigenvalue weighted by atomic mass is 9.65. The van der Waals surface area contributed by atoms with Gasteiger partial charge in [-0.25, -0.2) is 0 Å². The predicted molar refractivity (Wildman–Crippen MR) is 111 cm³/mol. The lowest BCUT2D eigenvalue weighted by molar-refractivity contribution is -0.141. The summed E-state index contributed by atoms with van der Waals surface area (Å²) in [5, 5.41) is 13.3. The third-order valence-electron chi connectivity index (χ3n) is 5.80. The fourth-order valence-electron chi connectivity index (χ4n) is 4.69. The zero-order valence-electron chi connectivity index (χ0n) is 14.2. The molecule has 1 aliphatic heterocycles. The summed E-state index contributed by atoms with van der Waals surface area (Å²) in [6.45, 7) is 0.263. The van der Waals surface area contributed by atoms with Crippen molar-refractivity contribution in [2.24, 2.45) is 11.8 Å². The lowest BCUT2D eigenvalue weighted by Crippen LogP contribution is -2.34. The molecule has 0 aromatic heterocycles. The van der Waals surface area contributed by atoms with Crippen molar-refractivity contribution in [3.8, 4) is 0 Å². The first-order chi connectivity index (χ1) is 13.0. The number of hydrogen-bond acceptors (Lipinski definition) is 3. The van der Waals surface area contributed by atoms with E-state index in [2.05, 4.69) is 62.2 Å². The van der Waals surface area contributed by atoms with Gasteiger partial charge in [0.1, 0.15) is 0 Å². The molecule has 0 spiro atoms. The van der Waals surface area contributed by atoms with Crippen LogP contribution in [0.5, 0.6) is 0 Å². The summed E-state index contributed by atoms with van der Waals surface area (Å²) in [5.74, 6) is -0.991. The van der Waals surface area contributed by atoms with E-state index in [1.54, 1.807) is 0 Å². The molecule has 1 heterocycles. The van der Waals surface area contributed by atoms with Gasteiger partial charge < -0.3 is 9.84 Å². The largest absolute Gasteiger partial charge is 0.465 e. The van der Waals surface area contributed by atoms with Crippen LogP contribution >= 0.6 is 31.9 Å². The average molecular weight is 488 g/mol. The van der Waals surface area contributed by atoms with Gasteiger partial charge >= 0.3 is 5.97 Å². The maximum absolute atomic E-state index is 12.6. The normalized spacial score (nSPS) is 26.6. The molecule has 0 unspecified atom stereocenters. The highest BCUT2D eigenvalue weighted by Crippen LogP contribution is 2.53. The molecule has 0 amide bonds. The molecule has 3 nitrogen and oxygen atoms in total. The summed E-state index contributed by atoms with van der Waals surface area (Å²) < 4.78 is 7.30. The van der Waals surface area contributed by atoms with E-state index in [4.69, 9.17) is 4.74 Å². The summed E-state index contributed by atoms with van der Waals surface area (Å²) in [6, 6.07) is 18.3. The molecule has 0 bridgehead atoms. The Morgan fingerprint density at radius 1 is 1.00 bits per heavy atom. The molecule has 2 aliphatic rings. The summed E-state index contributed by atoms with van der Waals surface area (Å²) in [7, 11) is 0. The van der Waals surface area contributed by atoms with E-state index >= 15 is 0 Å². The number of hydrogen-bond donors (Lipinski definition) is 1. The van der Waals surface area contributed by atoms with E-state index in [1.807, 2.05) is 24.3 Å². The van der Waals surface area contributed by atoms with Crippen LogP contribution in [0.2, 0.25) is 0 Å². The monoisotopic (exact) mass is 486 g/mol. The molecule has 0 radical (unpaired) electrons. The van der Waals surface area contributed by atoms with Gasteiger partial charge in [-0.15, -0.1) is 0 Å². The number of fused-ring (bicyclic) bond motifs is 4. The zero-order chi connectivity index (χ0) is 18.7. The Morgan fingerprint density at radius 3 is 2.52 bits per heavy atom. The number of benzene rings is 3. The molecule has 3 aromatic rings. The Hall–Kier alpha value is -1.69. The molecule has 3 aromatic carbocycles. The topological polar surface area (TPSA) is 46.5 Å². The van der Waals surface area contributed by atoms with Crippen molar-refractivity contribution >= 4 is 48.6 Å². The van der Waals surface area contributed by atoms with Crippen molar-refractivity contribution in [2.45, 2.75) is 12.0 Å². The van der Waals surface area contributed by atoms with Gasteiger partial charge in [0, 0.05) is 20.8 Å². The maximum Gasteiger partial charge on any atom is 0.310 e. The summed E-state index contributed by atoms with van der Waals surface area (Å²) >= 11 is 7.13. The van der Waals surface area contributed by atoms with E-state index in [-0.39, 0.29) is 30.3 Å². The molecule has 1 aliphatic carbocycles. The van der Waals surface area contributed by atoms with E-state index < -0.39 is 6.10 Å². The molecule has 5 heteroatoms. The van der Waals surface area contributed by atoms with Gasteiger partial charge in [-0.1, -0.05) is 68.3 Å². The Morgan fingerprint density at radius 2 is 1.74 bits per heavy atom. The first kappa shape index (κ1) is 17.4. The van der Waals surface area contributed by atoms with E-state index in [0.717, 1.165) is 36.4 Å². The Labute approximate surface area is 173 Å². The molecule has 4 atom stereocenters. The van der Waals surface area contributed by atoms with Gasteiger partial charge in [0.2, 0.25) is 0 Å². The first-order valence-corrected chi connectivity index (χ1v) is 10.5. The van der Waals surface area contributed by atoms with Crippen LogP contribution in [0.25, 0.3) is 10.8 Å². The number of esters is 1. The molecular weight excluding hydrogens is 472 g/mol. The van der Waals surface area contributed by atoms with E-state index in [1.165, 1.54) is 0 Å². The number of cyclic esters (lactones) is 1. The molecule has 5 rings (SSSR count). The van der Waals surface area contributed by atoms with Gasteiger partial charge in [0.25, 0.3) is 0 Å². The summed E-state index contributed by atoms with van der Waals surface area (Å²) in [4.78, 5) is 12.6. The zero-order valence-corrected chi connectivity index (χ0v) is 17.4. The van der Waals surface area contributed by atoms with Crippen LogP contribution in [0, 0.1) is 11.8 Å². The SMILES string of the molecule is O=C1OC[C@H]2[C@H]1[C@H](c1cc(Br)cc(Br)c1)c1ccc3ccccc3c1[C@H]2O. The highest BCUT2D eigenvalue weighted by Gasteiger charge is 2.51. The van der Waals surface area contributed by atoms with Crippen LogP contribution in [-0.4, -0.2) is 17.7 Å². The molecule has 27 heavy (non-hydrogen) atoms. The standard InChI is InChI=1S/C22H16Br2O3/c23-13-7-12(8-14(24)9-13)18-16-6-5-11-3-1-2-4-15(11)19(16)21(25)17-10-27-22(26)20(17)18/h1-9,17-18,20-21,25H,10H2/t17-,18+,20-,21-/m0/s1. The lowest BCUT2D eigenvalue weighted by Gasteiger charge is -2.37. The Bertz CT molecular complexity index is 1060. The minimum atomic E-state index is -0.714. The van der Waals surface area contributed by atoms with E-state index in [9.17, 15) is 9.90 Å². The minimum absolute atomic E-state index is 0.151. The second-order valence-electron chi connectivity index (χ2n) is 7.23. The Balaban J connectivity index is 1.82. The highest BCUT2D eigenvalue weighted by atomic mass is 79.9. The molecule has 0 saturated carbocycles. The third kappa shape index (κ3) is 2.67. The van der Waals surface area contributed by atoms with Crippen molar-refractivity contribution in [3.63, 3.8) is 0 Å². The number of ether oxygens (including phenoxy) is 1. The average Bonchev–Trinajstić information content (AvgIpc) is 3.03. The fraction of sp³-hybridized carbons (Fsp3) is 0.227. The smallest absolute Gasteiger partial charge is 0.310 e. The molecule has 1 N–H and O–H groups in total. The minimum Gasteiger partial charge on any atom is -0.465 e. The van der Waals surface area contributed by atoms with Crippen molar-refractivity contribution in [2.75, 3.05) is 6.61 Å². The molecule has 1 saturated heterocycles. The van der Waals surface area contributed by atoms with Crippen LogP contribution in [-0.2, 0) is 9.53 Å². The second kappa shape index (κ2) is 6.43. The number of aliphatic hydroxyl groups excluding tert-OH is 1. The third-order valence-corrected chi connectivity index (χ3v) is 6.71. The number of rotatable bonds is 1. The number of carbonyl (C=O) groups excluding carboxylic acids is 1. The summed E-state index contributed by atoms with van der Waals surface area (Å²) in [6.07, 6.45) is -0.714. The van der Waals surface area contributed by atoms with Crippen molar-refractivity contribution in [1.82, 2.24) is 0 Å². The van der Waals surface area contributed by atoms with Crippen LogP contribution in [0.1, 0.15) is 28.7 Å². The Kier molecular flexibility index (Phi) is 4.15. The second-order valence-corrected chi connectivity index (χ2v) is 9.07. The number of aliphatic hydroxyl groups is 1. The fourth-order valence-corrected chi connectivity index (χ4v) is 6.02. The van der Waals surface area contributed by atoms with Crippen LogP contribution in [0.15, 0.2) is 63.5 Å². The highest BCUT2D eigenvalue weighted by molar-refractivity contribution is 9.11. The quantitative estimate of drug-likeness (QED) is 0.471. The molecule has 136 valence electrons. The van der Waals surface area contributed by atoms with Crippen LogP contribution in [0.3, 0.4) is 0 Å². The van der Waals surface area contributed by atoms with Crippen LogP contribution < -0.4 is 0 Å². The maximum atomic E-state index is 12.6. The van der Waals surface area contributed by atoms with Gasteiger partial charge in [-0.3, -0.25) is 4.79 Å². The van der Waals surface area contributed by atoms with Gasteiger partial charge in [-0.2, -0.15) is 0 Å². The van der Waals surface area contributed by atoms with Gasteiger partial charge in [-0.05, 0) is 45.7 Å². The first-order valence-electron chi connectivity index (χ1n) is 8.87. The number of halogens is 2. The van der Waals surface area contributed by atoms with Gasteiger partial charge in [0.15, 0.2) is 0 Å². The number of carbonyl (C=O) groups is 1. The predicted octanol–water partition coefficient (Wildman–Crippen LogP) is 5.33. The van der Waals surface area contributed by atoms with E-state index in [0.29, 0.717) is 0 Å². The van der Waals surface area contributed by atoms with Crippen molar-refractivity contribution in [3.05, 3.63) is 80.2 Å². The van der Waals surface area contributed by atoms with Crippen molar-refractivity contribution in [1.29, 1.82) is 0 Å². The van der Waals surface area contributed by atoms with Crippen molar-refractivity contribution < 1.29 is 14.6 Å². The van der Waals surface area contributed by atoms with Gasteiger partial charge in [0.05, 0.1) is 18.6 Å². The summed E-state index contributed by atoms with van der Waals surface area (Å²) in [5.41, 5.74) is 2.97. The van der Waals surface area contributed by atoms with Crippen LogP contribution in [0.4, 0.5) is 0 Å². The molecular formula is C22H16Br2O3. The molecule has 1 fully saturated rings.